The molecule has 3 aromatic heterocycles. The number of hydrogen-bond donors (Lipinski definition) is 2. The minimum atomic E-state index is -4.67. The number of anilines is 2. The van der Waals surface area contributed by atoms with Gasteiger partial charge in [0.2, 0.25) is 5.95 Å². The summed E-state index contributed by atoms with van der Waals surface area (Å²) in [5, 5.41) is 11.0. The monoisotopic (exact) mass is 385 g/mol. The van der Waals surface area contributed by atoms with Gasteiger partial charge in [-0.3, -0.25) is 0 Å². The molecule has 9 nitrogen and oxygen atoms in total. The van der Waals surface area contributed by atoms with E-state index in [-0.39, 0.29) is 16.7 Å². The summed E-state index contributed by atoms with van der Waals surface area (Å²) < 4.78 is 62.7. The van der Waals surface area contributed by atoms with E-state index in [1.807, 2.05) is 0 Å². The van der Waals surface area contributed by atoms with Gasteiger partial charge in [-0.25, -0.2) is 28.2 Å². The number of rotatable bonds is 4. The first-order valence-electron chi connectivity index (χ1n) is 6.85. The zero-order valence-electron chi connectivity index (χ0n) is 12.7. The summed E-state index contributed by atoms with van der Waals surface area (Å²) in [4.78, 5) is 11.1. The van der Waals surface area contributed by atoms with Crippen LogP contribution in [0.4, 0.5) is 24.8 Å². The molecule has 136 valence electrons. The summed E-state index contributed by atoms with van der Waals surface area (Å²) in [5.41, 5.74) is -0.807. The number of alkyl halides is 3. The lowest BCUT2D eigenvalue weighted by molar-refractivity contribution is -0.138. The number of nitrogens with one attached hydrogen (secondary N) is 1. The minimum Gasteiger partial charge on any atom is -0.323 e. The lowest BCUT2D eigenvalue weighted by Gasteiger charge is -2.13. The van der Waals surface area contributed by atoms with Crippen molar-refractivity contribution in [3.63, 3.8) is 0 Å². The molecule has 26 heavy (non-hydrogen) atoms. The van der Waals surface area contributed by atoms with Gasteiger partial charge in [-0.05, 0) is 18.2 Å². The standard InChI is InChI=1S/C13H10F3N7O2S/c14-13(15,16)9-7-19-12(22-11(9)23-5-1-4-20-23)21-8-2-3-10(18-6-8)26(17,24)25/h1-7H,(H2,17,24,25)(H,19,21,22). The summed E-state index contributed by atoms with van der Waals surface area (Å²) in [7, 11) is -3.96. The molecule has 0 bridgehead atoms. The van der Waals surface area contributed by atoms with Gasteiger partial charge in [0.1, 0.15) is 5.56 Å². The van der Waals surface area contributed by atoms with Gasteiger partial charge in [-0.15, -0.1) is 0 Å². The van der Waals surface area contributed by atoms with Crippen molar-refractivity contribution in [3.05, 3.63) is 48.5 Å². The molecule has 0 radical (unpaired) electrons. The van der Waals surface area contributed by atoms with Crippen molar-refractivity contribution in [2.45, 2.75) is 11.2 Å². The number of nitrogens with zero attached hydrogens (tertiary/aromatic N) is 5. The maximum atomic E-state index is 13.1. The van der Waals surface area contributed by atoms with E-state index in [1.165, 1.54) is 24.5 Å². The fraction of sp³-hybridized carbons (Fsp3) is 0.0769. The number of aromatic nitrogens is 5. The molecule has 0 aromatic carbocycles. The van der Waals surface area contributed by atoms with E-state index >= 15 is 0 Å². The summed E-state index contributed by atoms with van der Waals surface area (Å²) in [6.07, 6.45) is -0.291. The van der Waals surface area contributed by atoms with E-state index in [1.54, 1.807) is 0 Å². The highest BCUT2D eigenvalue weighted by molar-refractivity contribution is 7.89. The summed E-state index contributed by atoms with van der Waals surface area (Å²) in [6.45, 7) is 0. The Morgan fingerprint density at radius 3 is 2.46 bits per heavy atom. The molecule has 3 N–H and O–H groups in total. The normalized spacial score (nSPS) is 12.2. The third-order valence-corrected chi connectivity index (χ3v) is 3.90. The van der Waals surface area contributed by atoms with E-state index in [2.05, 4.69) is 25.4 Å². The predicted octanol–water partition coefficient (Wildman–Crippen LogP) is 1.47. The van der Waals surface area contributed by atoms with Crippen LogP contribution in [-0.2, 0) is 16.2 Å². The average molecular weight is 385 g/mol. The fourth-order valence-corrected chi connectivity index (χ4v) is 2.41. The quantitative estimate of drug-likeness (QED) is 0.696. The van der Waals surface area contributed by atoms with Crippen LogP contribution in [0.15, 0.2) is 48.0 Å². The molecular formula is C13H10F3N7O2S. The first-order valence-corrected chi connectivity index (χ1v) is 8.39. The van der Waals surface area contributed by atoms with Crippen molar-refractivity contribution in [3.8, 4) is 5.82 Å². The van der Waals surface area contributed by atoms with Gasteiger partial charge in [-0.1, -0.05) is 0 Å². The van der Waals surface area contributed by atoms with Crippen LogP contribution in [0.3, 0.4) is 0 Å². The maximum Gasteiger partial charge on any atom is 0.421 e. The highest BCUT2D eigenvalue weighted by Crippen LogP contribution is 2.32. The molecule has 0 atom stereocenters. The zero-order valence-corrected chi connectivity index (χ0v) is 13.5. The van der Waals surface area contributed by atoms with Crippen molar-refractivity contribution in [1.82, 2.24) is 24.7 Å². The van der Waals surface area contributed by atoms with E-state index in [9.17, 15) is 21.6 Å². The molecule has 0 aliphatic carbocycles. The van der Waals surface area contributed by atoms with Crippen LogP contribution >= 0.6 is 0 Å². The second-order valence-corrected chi connectivity index (χ2v) is 6.44. The van der Waals surface area contributed by atoms with Crippen molar-refractivity contribution >= 4 is 21.7 Å². The fourth-order valence-electron chi connectivity index (χ4n) is 1.95. The van der Waals surface area contributed by atoms with Crippen molar-refractivity contribution in [1.29, 1.82) is 0 Å². The van der Waals surface area contributed by atoms with Crippen LogP contribution in [0.25, 0.3) is 5.82 Å². The average Bonchev–Trinajstić information content (AvgIpc) is 3.08. The van der Waals surface area contributed by atoms with Crippen LogP contribution in [-0.4, -0.2) is 33.2 Å². The Labute approximate surface area is 144 Å². The summed E-state index contributed by atoms with van der Waals surface area (Å²) in [5.74, 6) is -0.622. The number of pyridine rings is 1. The molecule has 3 rings (SSSR count). The highest BCUT2D eigenvalue weighted by Gasteiger charge is 2.36. The molecule has 0 saturated heterocycles. The predicted molar refractivity (Wildman–Crippen MR) is 83.0 cm³/mol. The third-order valence-electron chi connectivity index (χ3n) is 3.08. The second kappa shape index (κ2) is 6.34. The molecule has 13 heteroatoms. The molecule has 0 fully saturated rings. The van der Waals surface area contributed by atoms with Gasteiger partial charge in [0, 0.05) is 18.6 Å². The Morgan fingerprint density at radius 2 is 1.92 bits per heavy atom. The molecule has 0 amide bonds. The molecule has 0 aliphatic heterocycles. The second-order valence-electron chi connectivity index (χ2n) is 4.93. The number of sulfonamides is 1. The Balaban J connectivity index is 1.95. The topological polar surface area (TPSA) is 129 Å². The Kier molecular flexibility index (Phi) is 4.33. The number of hydrogen-bond acceptors (Lipinski definition) is 7. The van der Waals surface area contributed by atoms with E-state index in [0.29, 0.717) is 6.20 Å². The number of primary sulfonamides is 1. The van der Waals surface area contributed by atoms with Crippen molar-refractivity contribution < 1.29 is 21.6 Å². The molecule has 0 unspecified atom stereocenters. The number of halogens is 3. The first kappa shape index (κ1) is 17.8. The van der Waals surface area contributed by atoms with Gasteiger partial charge < -0.3 is 5.32 Å². The van der Waals surface area contributed by atoms with Crippen LogP contribution in [0.5, 0.6) is 0 Å². The van der Waals surface area contributed by atoms with E-state index in [4.69, 9.17) is 5.14 Å². The van der Waals surface area contributed by atoms with E-state index in [0.717, 1.165) is 16.9 Å². The lowest BCUT2D eigenvalue weighted by atomic mass is 10.3. The zero-order chi connectivity index (χ0) is 18.9. The molecule has 3 heterocycles. The van der Waals surface area contributed by atoms with Gasteiger partial charge in [0.15, 0.2) is 10.8 Å². The van der Waals surface area contributed by atoms with Crippen LogP contribution in [0.2, 0.25) is 0 Å². The van der Waals surface area contributed by atoms with Crippen LogP contribution in [0, 0.1) is 0 Å². The van der Waals surface area contributed by atoms with Crippen molar-refractivity contribution in [2.24, 2.45) is 5.14 Å². The molecule has 0 spiro atoms. The van der Waals surface area contributed by atoms with Crippen LogP contribution < -0.4 is 10.5 Å². The smallest absolute Gasteiger partial charge is 0.323 e. The highest BCUT2D eigenvalue weighted by atomic mass is 32.2. The van der Waals surface area contributed by atoms with Crippen molar-refractivity contribution in [2.75, 3.05) is 5.32 Å². The molecule has 3 aromatic rings. The summed E-state index contributed by atoms with van der Waals surface area (Å²) >= 11 is 0. The van der Waals surface area contributed by atoms with Gasteiger partial charge in [0.25, 0.3) is 10.0 Å². The van der Waals surface area contributed by atoms with Crippen LogP contribution in [0.1, 0.15) is 5.56 Å². The van der Waals surface area contributed by atoms with Gasteiger partial charge in [0.05, 0.1) is 11.9 Å². The summed E-state index contributed by atoms with van der Waals surface area (Å²) in [6, 6.07) is 3.91. The van der Waals surface area contributed by atoms with Gasteiger partial charge in [-0.2, -0.15) is 23.3 Å². The largest absolute Gasteiger partial charge is 0.421 e. The molecule has 0 aliphatic rings. The first-order chi connectivity index (χ1) is 12.1. The van der Waals surface area contributed by atoms with Gasteiger partial charge >= 0.3 is 6.18 Å². The molecular weight excluding hydrogens is 375 g/mol. The Morgan fingerprint density at radius 1 is 1.15 bits per heavy atom. The lowest BCUT2D eigenvalue weighted by Crippen LogP contribution is -2.15. The third kappa shape index (κ3) is 3.78. The number of nitrogens with two attached hydrogens (primary N) is 1. The Hall–Kier alpha value is -3.06. The maximum absolute atomic E-state index is 13.1. The SMILES string of the molecule is NS(=O)(=O)c1ccc(Nc2ncc(C(F)(F)F)c(-n3cccn3)n2)cn1. The van der Waals surface area contributed by atoms with E-state index < -0.39 is 27.6 Å². The Bertz CT molecular complexity index is 1020. The molecule has 0 saturated carbocycles. The minimum absolute atomic E-state index is 0.159.